The number of rotatable bonds is 7. The lowest BCUT2D eigenvalue weighted by molar-refractivity contribution is 0.241. The van der Waals surface area contributed by atoms with E-state index >= 15 is 0 Å². The molecule has 1 rings (SSSR count). The average molecular weight is 255 g/mol. The Morgan fingerprint density at radius 3 is 2.76 bits per heavy atom. The van der Waals surface area contributed by atoms with Gasteiger partial charge in [0, 0.05) is 24.9 Å². The zero-order valence-corrected chi connectivity index (χ0v) is 11.4. The van der Waals surface area contributed by atoms with Gasteiger partial charge in [-0.1, -0.05) is 19.8 Å². The van der Waals surface area contributed by atoms with Crippen LogP contribution in [0.4, 0.5) is 4.79 Å². The van der Waals surface area contributed by atoms with Crippen molar-refractivity contribution in [2.75, 3.05) is 13.1 Å². The van der Waals surface area contributed by atoms with E-state index in [1.165, 1.54) is 12.8 Å². The number of aryl methyl sites for hydroxylation is 1. The molecule has 0 aliphatic heterocycles. The van der Waals surface area contributed by atoms with Crippen LogP contribution in [0.2, 0.25) is 0 Å². The molecule has 0 unspecified atom stereocenters. The van der Waals surface area contributed by atoms with Gasteiger partial charge in [0.15, 0.2) is 0 Å². The number of urea groups is 1. The summed E-state index contributed by atoms with van der Waals surface area (Å²) in [5.41, 5.74) is 1.05. The van der Waals surface area contributed by atoms with Crippen molar-refractivity contribution in [2.45, 2.75) is 39.5 Å². The molecular formula is C12H21N3OS. The lowest BCUT2D eigenvalue weighted by atomic mass is 10.2. The normalized spacial score (nSPS) is 10.2. The molecular weight excluding hydrogens is 234 g/mol. The first-order valence-corrected chi connectivity index (χ1v) is 7.03. The third-order valence-electron chi connectivity index (χ3n) is 2.40. The number of hydrogen-bond donors (Lipinski definition) is 2. The molecule has 1 aromatic heterocycles. The summed E-state index contributed by atoms with van der Waals surface area (Å²) in [6.45, 7) is 5.54. The van der Waals surface area contributed by atoms with Gasteiger partial charge in [-0.05, 0) is 13.3 Å². The fourth-order valence-electron chi connectivity index (χ4n) is 1.47. The van der Waals surface area contributed by atoms with Crippen molar-refractivity contribution in [1.29, 1.82) is 0 Å². The number of unbranched alkanes of at least 4 members (excludes halogenated alkanes) is 2. The van der Waals surface area contributed by atoms with Crippen LogP contribution in [0.25, 0.3) is 0 Å². The summed E-state index contributed by atoms with van der Waals surface area (Å²) in [6.07, 6.45) is 4.19. The molecule has 0 aliphatic rings. The molecule has 0 bridgehead atoms. The third-order valence-corrected chi connectivity index (χ3v) is 3.22. The minimum atomic E-state index is -0.0759. The van der Waals surface area contributed by atoms with Crippen LogP contribution < -0.4 is 10.6 Å². The van der Waals surface area contributed by atoms with Crippen LogP contribution in [0, 0.1) is 6.92 Å². The Morgan fingerprint density at radius 2 is 2.12 bits per heavy atom. The number of hydrogen-bond acceptors (Lipinski definition) is 3. The standard InChI is InChI=1S/C12H21N3OS/c1-3-4-5-7-13-12(16)14-8-6-11-9-17-10(2)15-11/h9H,3-8H2,1-2H3,(H2,13,14,16). The lowest BCUT2D eigenvalue weighted by Gasteiger charge is -2.06. The predicted molar refractivity (Wildman–Crippen MR) is 71.5 cm³/mol. The van der Waals surface area contributed by atoms with E-state index in [-0.39, 0.29) is 6.03 Å². The minimum Gasteiger partial charge on any atom is -0.338 e. The largest absolute Gasteiger partial charge is 0.338 e. The third kappa shape index (κ3) is 6.26. The monoisotopic (exact) mass is 255 g/mol. The molecule has 0 saturated carbocycles. The zero-order chi connectivity index (χ0) is 12.5. The van der Waals surface area contributed by atoms with E-state index in [0.717, 1.165) is 30.1 Å². The number of thiazole rings is 1. The second-order valence-corrected chi connectivity index (χ2v) is 5.06. The Hall–Kier alpha value is -1.10. The van der Waals surface area contributed by atoms with Crippen molar-refractivity contribution in [2.24, 2.45) is 0 Å². The maximum Gasteiger partial charge on any atom is 0.314 e. The van der Waals surface area contributed by atoms with Gasteiger partial charge in [-0.15, -0.1) is 11.3 Å². The van der Waals surface area contributed by atoms with Crippen molar-refractivity contribution in [3.63, 3.8) is 0 Å². The molecule has 2 amide bonds. The molecule has 0 atom stereocenters. The quantitative estimate of drug-likeness (QED) is 0.735. The highest BCUT2D eigenvalue weighted by molar-refractivity contribution is 7.09. The van der Waals surface area contributed by atoms with Crippen LogP contribution in [0.5, 0.6) is 0 Å². The SMILES string of the molecule is CCCCCNC(=O)NCCc1csc(C)n1. The fraction of sp³-hybridized carbons (Fsp3) is 0.667. The van der Waals surface area contributed by atoms with Crippen molar-refractivity contribution in [1.82, 2.24) is 15.6 Å². The van der Waals surface area contributed by atoms with Gasteiger partial charge in [0.05, 0.1) is 10.7 Å². The summed E-state index contributed by atoms with van der Waals surface area (Å²) in [5, 5.41) is 8.78. The van der Waals surface area contributed by atoms with Gasteiger partial charge in [0.1, 0.15) is 0 Å². The van der Waals surface area contributed by atoms with Crippen molar-refractivity contribution in [3.05, 3.63) is 16.1 Å². The zero-order valence-electron chi connectivity index (χ0n) is 10.6. The first-order chi connectivity index (χ1) is 8.22. The second kappa shape index (κ2) is 8.06. The number of amides is 2. The number of carbonyl (C=O) groups excluding carboxylic acids is 1. The Morgan fingerprint density at radius 1 is 1.35 bits per heavy atom. The molecule has 1 aromatic rings. The molecule has 17 heavy (non-hydrogen) atoms. The predicted octanol–water partition coefficient (Wildman–Crippen LogP) is 2.48. The number of nitrogens with one attached hydrogen (secondary N) is 2. The summed E-state index contributed by atoms with van der Waals surface area (Å²) in [6, 6.07) is -0.0759. The molecule has 5 heteroatoms. The van der Waals surface area contributed by atoms with E-state index in [2.05, 4.69) is 22.5 Å². The molecule has 0 radical (unpaired) electrons. The first-order valence-electron chi connectivity index (χ1n) is 6.15. The van der Waals surface area contributed by atoms with Crippen LogP contribution in [0.3, 0.4) is 0 Å². The van der Waals surface area contributed by atoms with Crippen LogP contribution in [0.1, 0.15) is 36.9 Å². The highest BCUT2D eigenvalue weighted by atomic mass is 32.1. The minimum absolute atomic E-state index is 0.0759. The first kappa shape index (κ1) is 14.0. The van der Waals surface area contributed by atoms with Crippen molar-refractivity contribution < 1.29 is 4.79 Å². The molecule has 0 fully saturated rings. The topological polar surface area (TPSA) is 54.0 Å². The number of carbonyl (C=O) groups is 1. The Labute approximate surface area is 107 Å². The van der Waals surface area contributed by atoms with E-state index in [0.29, 0.717) is 6.54 Å². The molecule has 0 aliphatic carbocycles. The lowest BCUT2D eigenvalue weighted by Crippen LogP contribution is -2.37. The molecule has 0 saturated heterocycles. The summed E-state index contributed by atoms with van der Waals surface area (Å²) < 4.78 is 0. The van der Waals surface area contributed by atoms with Gasteiger partial charge in [-0.25, -0.2) is 9.78 Å². The van der Waals surface area contributed by atoms with Crippen molar-refractivity contribution >= 4 is 17.4 Å². The molecule has 1 heterocycles. The molecule has 0 aromatic carbocycles. The molecule has 4 nitrogen and oxygen atoms in total. The molecule has 96 valence electrons. The van der Waals surface area contributed by atoms with E-state index in [1.54, 1.807) is 11.3 Å². The van der Waals surface area contributed by atoms with E-state index in [1.807, 2.05) is 12.3 Å². The summed E-state index contributed by atoms with van der Waals surface area (Å²) in [5.74, 6) is 0. The molecule has 2 N–H and O–H groups in total. The maximum absolute atomic E-state index is 11.4. The van der Waals surface area contributed by atoms with Gasteiger partial charge >= 0.3 is 6.03 Å². The Bertz CT molecular complexity index is 338. The van der Waals surface area contributed by atoms with E-state index < -0.39 is 0 Å². The van der Waals surface area contributed by atoms with E-state index in [4.69, 9.17) is 0 Å². The van der Waals surface area contributed by atoms with Crippen molar-refractivity contribution in [3.8, 4) is 0 Å². The average Bonchev–Trinajstić information content (AvgIpc) is 2.71. The smallest absolute Gasteiger partial charge is 0.314 e. The van der Waals surface area contributed by atoms with Gasteiger partial charge in [-0.3, -0.25) is 0 Å². The van der Waals surface area contributed by atoms with E-state index in [9.17, 15) is 4.79 Å². The van der Waals surface area contributed by atoms with Crippen LogP contribution in [0.15, 0.2) is 5.38 Å². The second-order valence-electron chi connectivity index (χ2n) is 4.00. The van der Waals surface area contributed by atoms with Crippen LogP contribution >= 0.6 is 11.3 Å². The maximum atomic E-state index is 11.4. The van der Waals surface area contributed by atoms with Gasteiger partial charge in [0.25, 0.3) is 0 Å². The van der Waals surface area contributed by atoms with Crippen LogP contribution in [-0.4, -0.2) is 24.1 Å². The van der Waals surface area contributed by atoms with Gasteiger partial charge in [-0.2, -0.15) is 0 Å². The fourth-order valence-corrected chi connectivity index (χ4v) is 2.11. The van der Waals surface area contributed by atoms with Crippen LogP contribution in [-0.2, 0) is 6.42 Å². The van der Waals surface area contributed by atoms with Gasteiger partial charge < -0.3 is 10.6 Å². The highest BCUT2D eigenvalue weighted by Crippen LogP contribution is 2.07. The number of nitrogens with zero attached hydrogens (tertiary/aromatic N) is 1. The van der Waals surface area contributed by atoms with Gasteiger partial charge in [0.2, 0.25) is 0 Å². The number of aromatic nitrogens is 1. The summed E-state index contributed by atoms with van der Waals surface area (Å²) in [4.78, 5) is 15.7. The Balaban J connectivity index is 2.04. The summed E-state index contributed by atoms with van der Waals surface area (Å²) >= 11 is 1.64. The summed E-state index contributed by atoms with van der Waals surface area (Å²) in [7, 11) is 0. The Kier molecular flexibility index (Phi) is 6.62. The molecule has 0 spiro atoms. The highest BCUT2D eigenvalue weighted by Gasteiger charge is 2.01.